The Morgan fingerprint density at radius 2 is 2.14 bits per heavy atom. The summed E-state index contributed by atoms with van der Waals surface area (Å²) in [6.07, 6.45) is 5.26. The maximum Gasteiger partial charge on any atom is 0.188 e. The average molecular weight is 409 g/mol. The molecule has 0 aromatic carbocycles. The standard InChI is InChI=1S/C15H31N5.HI/c1-4-20-9-5-6-14(20)11-18-15(16)17-10-12(2)19(3)13-7-8-13;/h12-14H,4-11H2,1-3H3,(H3,16,17,18);1H. The molecule has 0 aromatic heterocycles. The van der Waals surface area contributed by atoms with Gasteiger partial charge in [0.05, 0.1) is 6.54 Å². The number of halogens is 1. The summed E-state index contributed by atoms with van der Waals surface area (Å²) in [5.74, 6) is 0.601. The molecule has 21 heavy (non-hydrogen) atoms. The highest BCUT2D eigenvalue weighted by molar-refractivity contribution is 14.0. The first kappa shape index (κ1) is 19.0. The Labute approximate surface area is 146 Å². The summed E-state index contributed by atoms with van der Waals surface area (Å²) < 4.78 is 0. The monoisotopic (exact) mass is 409 g/mol. The molecule has 1 aliphatic carbocycles. The molecule has 6 heteroatoms. The molecule has 0 bridgehead atoms. The molecule has 0 aromatic rings. The van der Waals surface area contributed by atoms with Gasteiger partial charge in [-0.05, 0) is 52.7 Å². The molecule has 1 saturated carbocycles. The van der Waals surface area contributed by atoms with Crippen molar-refractivity contribution in [1.29, 1.82) is 0 Å². The van der Waals surface area contributed by atoms with Crippen molar-refractivity contribution < 1.29 is 0 Å². The van der Waals surface area contributed by atoms with Crippen LogP contribution in [0.5, 0.6) is 0 Å². The number of rotatable bonds is 7. The van der Waals surface area contributed by atoms with Crippen molar-refractivity contribution in [3.8, 4) is 0 Å². The minimum absolute atomic E-state index is 0. The summed E-state index contributed by atoms with van der Waals surface area (Å²) in [4.78, 5) is 9.43. The predicted octanol–water partition coefficient (Wildman–Crippen LogP) is 1.48. The van der Waals surface area contributed by atoms with Crippen LogP contribution in [0.1, 0.15) is 39.5 Å². The van der Waals surface area contributed by atoms with Crippen molar-refractivity contribution in [1.82, 2.24) is 15.1 Å². The summed E-state index contributed by atoms with van der Waals surface area (Å²) >= 11 is 0. The molecule has 124 valence electrons. The fourth-order valence-electron chi connectivity index (χ4n) is 3.02. The van der Waals surface area contributed by atoms with Gasteiger partial charge in [0, 0.05) is 24.7 Å². The minimum atomic E-state index is 0. The number of hydrogen-bond acceptors (Lipinski definition) is 3. The minimum Gasteiger partial charge on any atom is -0.370 e. The summed E-state index contributed by atoms with van der Waals surface area (Å²) in [5, 5.41) is 3.30. The number of nitrogens with zero attached hydrogens (tertiary/aromatic N) is 3. The lowest BCUT2D eigenvalue weighted by Crippen LogP contribution is -2.43. The van der Waals surface area contributed by atoms with Crippen molar-refractivity contribution in [3.05, 3.63) is 0 Å². The van der Waals surface area contributed by atoms with E-state index in [2.05, 4.69) is 41.0 Å². The van der Waals surface area contributed by atoms with Crippen LogP contribution in [0.4, 0.5) is 0 Å². The van der Waals surface area contributed by atoms with E-state index < -0.39 is 0 Å². The van der Waals surface area contributed by atoms with Crippen LogP contribution in [0, 0.1) is 0 Å². The lowest BCUT2D eigenvalue weighted by Gasteiger charge is -2.24. The van der Waals surface area contributed by atoms with Gasteiger partial charge in [0.2, 0.25) is 0 Å². The van der Waals surface area contributed by atoms with Gasteiger partial charge in [0.1, 0.15) is 0 Å². The molecule has 2 rings (SSSR count). The van der Waals surface area contributed by atoms with Crippen LogP contribution in [-0.4, -0.2) is 67.1 Å². The third-order valence-electron chi connectivity index (χ3n) is 4.77. The predicted molar refractivity (Wildman–Crippen MR) is 100 cm³/mol. The third-order valence-corrected chi connectivity index (χ3v) is 4.77. The highest BCUT2D eigenvalue weighted by atomic mass is 127. The number of likely N-dealkylation sites (N-methyl/N-ethyl adjacent to an activating group) is 2. The fourth-order valence-corrected chi connectivity index (χ4v) is 3.02. The third kappa shape index (κ3) is 5.90. The molecule has 1 saturated heterocycles. The molecule has 1 heterocycles. The van der Waals surface area contributed by atoms with E-state index in [0.717, 1.165) is 25.7 Å². The molecular weight excluding hydrogens is 377 g/mol. The maximum absolute atomic E-state index is 5.98. The Kier molecular flexibility index (Phi) is 8.26. The molecule has 0 amide bonds. The van der Waals surface area contributed by atoms with Gasteiger partial charge < -0.3 is 11.1 Å². The lowest BCUT2D eigenvalue weighted by molar-refractivity contribution is 0.253. The van der Waals surface area contributed by atoms with Crippen LogP contribution in [0.2, 0.25) is 0 Å². The normalized spacial score (nSPS) is 25.0. The van der Waals surface area contributed by atoms with E-state index in [1.54, 1.807) is 0 Å². The maximum atomic E-state index is 5.98. The Bertz CT molecular complexity index is 332. The zero-order chi connectivity index (χ0) is 14.5. The van der Waals surface area contributed by atoms with E-state index in [4.69, 9.17) is 5.73 Å². The van der Waals surface area contributed by atoms with Gasteiger partial charge in [0.25, 0.3) is 0 Å². The number of hydrogen-bond donors (Lipinski definition) is 2. The highest BCUT2D eigenvalue weighted by Crippen LogP contribution is 2.26. The zero-order valence-electron chi connectivity index (χ0n) is 13.7. The van der Waals surface area contributed by atoms with Crippen LogP contribution < -0.4 is 11.1 Å². The van der Waals surface area contributed by atoms with E-state index in [1.165, 1.54) is 32.2 Å². The molecule has 3 N–H and O–H groups in total. The Morgan fingerprint density at radius 1 is 1.43 bits per heavy atom. The number of likely N-dealkylation sites (tertiary alicyclic amines) is 1. The summed E-state index contributed by atoms with van der Waals surface area (Å²) in [6, 6.07) is 1.88. The quantitative estimate of drug-likeness (QED) is 0.380. The van der Waals surface area contributed by atoms with Gasteiger partial charge in [-0.15, -0.1) is 24.0 Å². The first-order chi connectivity index (χ1) is 9.61. The summed E-state index contributed by atoms with van der Waals surface area (Å²) in [5.41, 5.74) is 5.98. The summed E-state index contributed by atoms with van der Waals surface area (Å²) in [6.45, 7) is 8.52. The Morgan fingerprint density at radius 3 is 2.76 bits per heavy atom. The topological polar surface area (TPSA) is 56.9 Å². The molecule has 2 aliphatic rings. The van der Waals surface area contributed by atoms with Gasteiger partial charge in [-0.3, -0.25) is 14.8 Å². The van der Waals surface area contributed by atoms with Crippen LogP contribution in [0.25, 0.3) is 0 Å². The molecule has 2 fully saturated rings. The van der Waals surface area contributed by atoms with E-state index in [1.807, 2.05) is 0 Å². The SMILES string of the molecule is CCN1CCCC1CNC(N)=NCC(C)N(C)C1CC1.I. The second-order valence-electron chi connectivity index (χ2n) is 6.28. The van der Waals surface area contributed by atoms with Crippen molar-refractivity contribution in [2.24, 2.45) is 10.7 Å². The molecule has 5 nitrogen and oxygen atoms in total. The average Bonchev–Trinajstić information content (AvgIpc) is 3.20. The Balaban J connectivity index is 0.00000220. The van der Waals surface area contributed by atoms with Crippen LogP contribution >= 0.6 is 24.0 Å². The second kappa shape index (κ2) is 9.15. The first-order valence-corrected chi connectivity index (χ1v) is 8.11. The smallest absolute Gasteiger partial charge is 0.188 e. The number of nitrogens with two attached hydrogens (primary N) is 1. The molecule has 2 unspecified atom stereocenters. The number of nitrogens with one attached hydrogen (secondary N) is 1. The van der Waals surface area contributed by atoms with Gasteiger partial charge in [0.15, 0.2) is 5.96 Å². The summed E-state index contributed by atoms with van der Waals surface area (Å²) in [7, 11) is 2.19. The van der Waals surface area contributed by atoms with Crippen molar-refractivity contribution in [2.75, 3.05) is 33.2 Å². The largest absolute Gasteiger partial charge is 0.370 e. The molecule has 0 spiro atoms. The zero-order valence-corrected chi connectivity index (χ0v) is 16.0. The van der Waals surface area contributed by atoms with E-state index in [0.29, 0.717) is 18.0 Å². The number of aliphatic imine (C=N–C) groups is 1. The van der Waals surface area contributed by atoms with Crippen LogP contribution in [0.3, 0.4) is 0 Å². The van der Waals surface area contributed by atoms with E-state index in [-0.39, 0.29) is 24.0 Å². The number of guanidine groups is 1. The molecular formula is C15H32IN5. The van der Waals surface area contributed by atoms with E-state index in [9.17, 15) is 0 Å². The van der Waals surface area contributed by atoms with Crippen molar-refractivity contribution in [2.45, 2.75) is 57.7 Å². The van der Waals surface area contributed by atoms with Gasteiger partial charge in [-0.2, -0.15) is 0 Å². The molecule has 1 aliphatic heterocycles. The van der Waals surface area contributed by atoms with E-state index >= 15 is 0 Å². The highest BCUT2D eigenvalue weighted by Gasteiger charge is 2.28. The van der Waals surface area contributed by atoms with Crippen molar-refractivity contribution >= 4 is 29.9 Å². The Hall–Kier alpha value is -0.0800. The van der Waals surface area contributed by atoms with Gasteiger partial charge in [-0.25, -0.2) is 0 Å². The van der Waals surface area contributed by atoms with Gasteiger partial charge >= 0.3 is 0 Å². The van der Waals surface area contributed by atoms with Crippen molar-refractivity contribution in [3.63, 3.8) is 0 Å². The second-order valence-corrected chi connectivity index (χ2v) is 6.28. The fraction of sp³-hybridized carbons (Fsp3) is 0.933. The van der Waals surface area contributed by atoms with Crippen LogP contribution in [0.15, 0.2) is 4.99 Å². The molecule has 0 radical (unpaired) electrons. The first-order valence-electron chi connectivity index (χ1n) is 8.11. The molecule has 2 atom stereocenters. The van der Waals surface area contributed by atoms with Crippen LogP contribution in [-0.2, 0) is 0 Å². The van der Waals surface area contributed by atoms with Gasteiger partial charge in [-0.1, -0.05) is 6.92 Å². The lowest BCUT2D eigenvalue weighted by atomic mass is 10.2.